The first kappa shape index (κ1) is 13.4. The molecule has 0 amide bonds. The summed E-state index contributed by atoms with van der Waals surface area (Å²) in [6.45, 7) is 0. The molecule has 0 unspecified atom stereocenters. The van der Waals surface area contributed by atoms with Gasteiger partial charge in [-0.1, -0.05) is 18.2 Å². The lowest BCUT2D eigenvalue weighted by Crippen LogP contribution is -2.04. The molecule has 1 nitrogen and oxygen atoms in total. The smallest absolute Gasteiger partial charge is 0.323 e. The second kappa shape index (κ2) is 4.63. The van der Waals surface area contributed by atoms with Crippen molar-refractivity contribution in [1.82, 2.24) is 4.40 Å². The Balaban J connectivity index is 1.87. The molecular weight excluding hydrogens is 287 g/mol. The molecule has 1 aliphatic carbocycles. The van der Waals surface area contributed by atoms with Crippen LogP contribution in [0.15, 0.2) is 48.8 Å². The molecule has 4 rings (SSSR count). The number of aryl methyl sites for hydroxylation is 2. The molecule has 112 valence electrons. The number of aromatic nitrogens is 1. The predicted octanol–water partition coefficient (Wildman–Crippen LogP) is 5.11. The Morgan fingerprint density at radius 2 is 1.73 bits per heavy atom. The number of pyridine rings is 1. The zero-order chi connectivity index (χ0) is 15.3. The minimum atomic E-state index is -4.29. The van der Waals surface area contributed by atoms with Crippen molar-refractivity contribution in [3.05, 3.63) is 65.5 Å². The van der Waals surface area contributed by atoms with Crippen molar-refractivity contribution < 1.29 is 13.2 Å². The minimum Gasteiger partial charge on any atom is -0.323 e. The molecule has 1 aromatic carbocycles. The lowest BCUT2D eigenvalue weighted by molar-refractivity contribution is -0.137. The van der Waals surface area contributed by atoms with Crippen LogP contribution in [-0.2, 0) is 19.0 Å². The molecule has 0 fully saturated rings. The van der Waals surface area contributed by atoms with E-state index < -0.39 is 11.7 Å². The molecule has 22 heavy (non-hydrogen) atoms. The van der Waals surface area contributed by atoms with Gasteiger partial charge in [0, 0.05) is 18.0 Å². The molecule has 0 saturated heterocycles. The van der Waals surface area contributed by atoms with Gasteiger partial charge in [0.25, 0.3) is 0 Å². The van der Waals surface area contributed by atoms with Gasteiger partial charge in [-0.05, 0) is 54.2 Å². The molecule has 1 aliphatic rings. The highest BCUT2D eigenvalue weighted by molar-refractivity contribution is 5.79. The molecule has 0 aliphatic heterocycles. The van der Waals surface area contributed by atoms with E-state index in [0.717, 1.165) is 42.5 Å². The summed E-state index contributed by atoms with van der Waals surface area (Å²) >= 11 is 0. The van der Waals surface area contributed by atoms with Crippen molar-refractivity contribution in [2.45, 2.75) is 25.4 Å². The summed E-state index contributed by atoms with van der Waals surface area (Å²) in [5.41, 5.74) is 5.09. The lowest BCUT2D eigenvalue weighted by atomic mass is 9.92. The van der Waals surface area contributed by atoms with Crippen LogP contribution in [0.5, 0.6) is 0 Å². The normalized spacial score (nSPS) is 14.5. The molecule has 0 saturated carbocycles. The summed E-state index contributed by atoms with van der Waals surface area (Å²) in [6.07, 6.45) is 2.87. The zero-order valence-electron chi connectivity index (χ0n) is 11.8. The fraction of sp³-hybridized carbons (Fsp3) is 0.222. The van der Waals surface area contributed by atoms with Gasteiger partial charge in [-0.15, -0.1) is 0 Å². The molecular formula is C18H14F3N. The fourth-order valence-electron chi connectivity index (χ4n) is 3.37. The van der Waals surface area contributed by atoms with E-state index in [9.17, 15) is 13.2 Å². The van der Waals surface area contributed by atoms with Crippen LogP contribution >= 0.6 is 0 Å². The van der Waals surface area contributed by atoms with Crippen LogP contribution in [0.4, 0.5) is 13.2 Å². The molecule has 0 radical (unpaired) electrons. The second-order valence-electron chi connectivity index (χ2n) is 5.74. The van der Waals surface area contributed by atoms with E-state index in [1.54, 1.807) is 12.1 Å². The number of hydrogen-bond acceptors (Lipinski definition) is 0. The first-order valence-electron chi connectivity index (χ1n) is 7.33. The van der Waals surface area contributed by atoms with E-state index in [4.69, 9.17) is 0 Å². The molecule has 0 bridgehead atoms. The Morgan fingerprint density at radius 3 is 2.45 bits per heavy atom. The zero-order valence-corrected chi connectivity index (χ0v) is 11.8. The van der Waals surface area contributed by atoms with E-state index in [0.29, 0.717) is 0 Å². The van der Waals surface area contributed by atoms with Gasteiger partial charge in [0.2, 0.25) is 0 Å². The van der Waals surface area contributed by atoms with Gasteiger partial charge in [-0.25, -0.2) is 0 Å². The van der Waals surface area contributed by atoms with Crippen molar-refractivity contribution in [2.24, 2.45) is 0 Å². The van der Waals surface area contributed by atoms with Crippen molar-refractivity contribution >= 4 is 5.52 Å². The fourth-order valence-corrected chi connectivity index (χ4v) is 3.37. The maximum atomic E-state index is 12.7. The molecule has 0 spiro atoms. The summed E-state index contributed by atoms with van der Waals surface area (Å²) < 4.78 is 40.2. The number of alkyl halides is 3. The molecule has 0 atom stereocenters. The molecule has 2 aromatic heterocycles. The highest BCUT2D eigenvalue weighted by Gasteiger charge is 2.30. The third kappa shape index (κ3) is 2.02. The van der Waals surface area contributed by atoms with Crippen LogP contribution < -0.4 is 0 Å². The number of hydrogen-bond donors (Lipinski definition) is 0. The predicted molar refractivity (Wildman–Crippen MR) is 79.9 cm³/mol. The van der Waals surface area contributed by atoms with E-state index >= 15 is 0 Å². The maximum Gasteiger partial charge on any atom is 0.416 e. The van der Waals surface area contributed by atoms with Crippen molar-refractivity contribution in [1.29, 1.82) is 0 Å². The van der Waals surface area contributed by atoms with Crippen molar-refractivity contribution in [3.63, 3.8) is 0 Å². The van der Waals surface area contributed by atoms with Crippen LogP contribution in [0.2, 0.25) is 0 Å². The summed E-state index contributed by atoms with van der Waals surface area (Å²) in [7, 11) is 0. The Morgan fingerprint density at radius 1 is 0.955 bits per heavy atom. The average molecular weight is 301 g/mol. The monoisotopic (exact) mass is 301 g/mol. The minimum absolute atomic E-state index is 0.602. The lowest BCUT2D eigenvalue weighted by Gasteiger charge is -2.14. The van der Waals surface area contributed by atoms with Crippen molar-refractivity contribution in [3.8, 4) is 11.1 Å². The standard InChI is InChI=1S/C18H14F3N/c19-18(20,21)14-8-6-12(7-9-14)16-11-22-10-2-4-13-3-1-5-15(16)17(13)22/h2,4,6-11H,1,3,5H2. The number of halogens is 3. The van der Waals surface area contributed by atoms with Crippen molar-refractivity contribution in [2.75, 3.05) is 0 Å². The molecule has 4 heteroatoms. The Labute approximate surface area is 126 Å². The number of nitrogens with zero attached hydrogens (tertiary/aromatic N) is 1. The van der Waals surface area contributed by atoms with E-state index in [-0.39, 0.29) is 0 Å². The van der Waals surface area contributed by atoms with Gasteiger partial charge in [0.05, 0.1) is 11.1 Å². The Bertz CT molecular complexity index is 841. The van der Waals surface area contributed by atoms with Gasteiger partial charge < -0.3 is 4.40 Å². The molecule has 2 heterocycles. The third-order valence-corrected chi connectivity index (χ3v) is 4.38. The summed E-state index contributed by atoms with van der Waals surface area (Å²) in [4.78, 5) is 0. The first-order valence-corrected chi connectivity index (χ1v) is 7.33. The highest BCUT2D eigenvalue weighted by atomic mass is 19.4. The summed E-state index contributed by atoms with van der Waals surface area (Å²) in [5, 5.41) is 0. The van der Waals surface area contributed by atoms with Gasteiger partial charge >= 0.3 is 6.18 Å². The Hall–Kier alpha value is -2.23. The summed E-state index contributed by atoms with van der Waals surface area (Å²) in [5.74, 6) is 0. The van der Waals surface area contributed by atoms with Crippen LogP contribution in [-0.4, -0.2) is 4.40 Å². The maximum absolute atomic E-state index is 12.7. The SMILES string of the molecule is FC(F)(F)c1ccc(-c2cn3cccc4c3c2CCC4)cc1. The largest absolute Gasteiger partial charge is 0.416 e. The van der Waals surface area contributed by atoms with E-state index in [2.05, 4.69) is 10.5 Å². The van der Waals surface area contributed by atoms with Crippen LogP contribution in [0.1, 0.15) is 23.1 Å². The highest BCUT2D eigenvalue weighted by Crippen LogP contribution is 2.36. The number of rotatable bonds is 1. The third-order valence-electron chi connectivity index (χ3n) is 4.38. The Kier molecular flexibility index (Phi) is 2.83. The van der Waals surface area contributed by atoms with Gasteiger partial charge in [-0.2, -0.15) is 13.2 Å². The topological polar surface area (TPSA) is 4.41 Å². The van der Waals surface area contributed by atoms with Crippen LogP contribution in [0.25, 0.3) is 16.6 Å². The average Bonchev–Trinajstić information content (AvgIpc) is 2.88. The van der Waals surface area contributed by atoms with Crippen LogP contribution in [0, 0.1) is 0 Å². The van der Waals surface area contributed by atoms with Gasteiger partial charge in [0.15, 0.2) is 0 Å². The van der Waals surface area contributed by atoms with Gasteiger partial charge in [-0.3, -0.25) is 0 Å². The van der Waals surface area contributed by atoms with E-state index in [1.807, 2.05) is 18.5 Å². The molecule has 0 N–H and O–H groups in total. The molecule has 3 aromatic rings. The second-order valence-corrected chi connectivity index (χ2v) is 5.74. The number of benzene rings is 1. The quantitative estimate of drug-likeness (QED) is 0.588. The first-order chi connectivity index (χ1) is 10.5. The van der Waals surface area contributed by atoms with Crippen LogP contribution in [0.3, 0.4) is 0 Å². The van der Waals surface area contributed by atoms with Gasteiger partial charge in [0.1, 0.15) is 0 Å². The summed E-state index contributed by atoms with van der Waals surface area (Å²) in [6, 6.07) is 9.62. The van der Waals surface area contributed by atoms with E-state index in [1.165, 1.54) is 16.6 Å².